The molecule has 0 fully saturated rings. The summed E-state index contributed by atoms with van der Waals surface area (Å²) in [5, 5.41) is 0. The zero-order valence-electron chi connectivity index (χ0n) is 6.58. The van der Waals surface area contributed by atoms with Crippen molar-refractivity contribution in [2.75, 3.05) is 0 Å². The van der Waals surface area contributed by atoms with Crippen molar-refractivity contribution in [2.24, 2.45) is 0 Å². The third-order valence-electron chi connectivity index (χ3n) is 1.35. The number of ether oxygens (including phenoxy) is 1. The Hall–Kier alpha value is 1.38. The molecular weight excluding hydrogens is 551 g/mol. The standard InChI is InChI=1S/C7Br5ClO2/c8-1-2(9)4(11)6(15-7(13)14)5(12)3(1)10. The van der Waals surface area contributed by atoms with Crippen LogP contribution < -0.4 is 4.74 Å². The predicted molar refractivity (Wildman–Crippen MR) is 76.8 cm³/mol. The molecule has 0 heterocycles. The maximum absolute atomic E-state index is 10.7. The van der Waals surface area contributed by atoms with E-state index in [1.807, 2.05) is 0 Å². The van der Waals surface area contributed by atoms with Gasteiger partial charge in [0.2, 0.25) is 0 Å². The van der Waals surface area contributed by atoms with Crippen molar-refractivity contribution in [2.45, 2.75) is 0 Å². The Morgan fingerprint density at radius 1 is 0.867 bits per heavy atom. The minimum atomic E-state index is -0.905. The Morgan fingerprint density at radius 3 is 1.53 bits per heavy atom. The lowest BCUT2D eigenvalue weighted by Gasteiger charge is -2.11. The fourth-order valence-electron chi connectivity index (χ4n) is 0.755. The van der Waals surface area contributed by atoms with E-state index in [9.17, 15) is 4.79 Å². The molecule has 0 aliphatic rings. The maximum atomic E-state index is 10.7. The fraction of sp³-hybridized carbons (Fsp3) is 0. The quantitative estimate of drug-likeness (QED) is 0.235. The molecule has 0 radical (unpaired) electrons. The molecule has 0 bridgehead atoms. The summed E-state index contributed by atoms with van der Waals surface area (Å²) in [4.78, 5) is 10.7. The molecule has 1 aromatic carbocycles. The summed E-state index contributed by atoms with van der Waals surface area (Å²) >= 11 is 21.7. The van der Waals surface area contributed by atoms with Gasteiger partial charge in [-0.2, -0.15) is 0 Å². The van der Waals surface area contributed by atoms with Crippen LogP contribution in [-0.2, 0) is 0 Å². The number of benzene rings is 1. The van der Waals surface area contributed by atoms with E-state index in [0.717, 1.165) is 4.47 Å². The molecule has 0 unspecified atom stereocenters. The molecule has 0 N–H and O–H groups in total. The van der Waals surface area contributed by atoms with Gasteiger partial charge in [0.25, 0.3) is 0 Å². The molecule has 0 atom stereocenters. The monoisotopic (exact) mass is 546 g/mol. The van der Waals surface area contributed by atoms with Gasteiger partial charge in [0.1, 0.15) is 0 Å². The van der Waals surface area contributed by atoms with Gasteiger partial charge in [0.15, 0.2) is 5.75 Å². The lowest BCUT2D eigenvalue weighted by atomic mass is 10.3. The Bertz CT molecular complexity index is 405. The van der Waals surface area contributed by atoms with E-state index in [1.54, 1.807) is 0 Å². The summed E-state index contributed by atoms with van der Waals surface area (Å²) in [6, 6.07) is 0. The van der Waals surface area contributed by atoms with Crippen molar-refractivity contribution >= 4 is 96.7 Å². The smallest absolute Gasteiger partial charge is 0.409 e. The molecule has 0 saturated heterocycles. The first-order valence-electron chi connectivity index (χ1n) is 3.25. The number of carbonyl (C=O) groups excluding carboxylic acids is 1. The van der Waals surface area contributed by atoms with Gasteiger partial charge in [0, 0.05) is 16.1 Å². The molecule has 15 heavy (non-hydrogen) atoms. The van der Waals surface area contributed by atoms with E-state index in [1.165, 1.54) is 0 Å². The van der Waals surface area contributed by atoms with Gasteiger partial charge in [0.05, 0.1) is 17.9 Å². The van der Waals surface area contributed by atoms with Gasteiger partial charge < -0.3 is 4.74 Å². The molecule has 1 rings (SSSR count). The second kappa shape index (κ2) is 5.82. The van der Waals surface area contributed by atoms with Gasteiger partial charge in [-0.1, -0.05) is 0 Å². The third-order valence-corrected chi connectivity index (χ3v) is 7.45. The van der Waals surface area contributed by atoms with Crippen LogP contribution in [0, 0.1) is 0 Å². The predicted octanol–water partition coefficient (Wildman–Crippen LogP) is 6.24. The first kappa shape index (κ1) is 14.4. The summed E-state index contributed by atoms with van der Waals surface area (Å²) in [7, 11) is 0. The zero-order chi connectivity index (χ0) is 11.7. The first-order valence-corrected chi connectivity index (χ1v) is 7.59. The van der Waals surface area contributed by atoms with Crippen LogP contribution in [0.15, 0.2) is 22.4 Å². The van der Waals surface area contributed by atoms with Crippen LogP contribution in [0.1, 0.15) is 0 Å². The number of halogens is 6. The highest BCUT2D eigenvalue weighted by molar-refractivity contribution is 9.15. The van der Waals surface area contributed by atoms with E-state index in [0.29, 0.717) is 23.6 Å². The highest BCUT2D eigenvalue weighted by Crippen LogP contribution is 2.48. The molecule has 0 aliphatic heterocycles. The van der Waals surface area contributed by atoms with Crippen molar-refractivity contribution in [1.82, 2.24) is 0 Å². The van der Waals surface area contributed by atoms with Crippen molar-refractivity contribution in [3.05, 3.63) is 22.4 Å². The summed E-state index contributed by atoms with van der Waals surface area (Å²) in [5.41, 5.74) is -0.905. The van der Waals surface area contributed by atoms with Crippen LogP contribution in [-0.4, -0.2) is 5.43 Å². The van der Waals surface area contributed by atoms with Crippen molar-refractivity contribution in [3.8, 4) is 5.75 Å². The molecule has 2 nitrogen and oxygen atoms in total. The normalized spacial score (nSPS) is 10.3. The SMILES string of the molecule is O=C(Cl)Oc1c(Br)c(Br)c(Br)c(Br)c1Br. The van der Waals surface area contributed by atoms with Gasteiger partial charge >= 0.3 is 5.43 Å². The summed E-state index contributed by atoms with van der Waals surface area (Å²) in [6.07, 6.45) is 0. The van der Waals surface area contributed by atoms with Gasteiger partial charge in [-0.25, -0.2) is 4.79 Å². The third kappa shape index (κ3) is 3.19. The van der Waals surface area contributed by atoms with E-state index in [-0.39, 0.29) is 0 Å². The molecule has 8 heteroatoms. The van der Waals surface area contributed by atoms with Crippen LogP contribution in [0.4, 0.5) is 4.79 Å². The minimum Gasteiger partial charge on any atom is -0.412 e. The van der Waals surface area contributed by atoms with Crippen LogP contribution in [0.5, 0.6) is 5.75 Å². The first-order chi connectivity index (χ1) is 6.86. The Labute approximate surface area is 133 Å². The fourth-order valence-corrected chi connectivity index (χ4v) is 4.00. The number of carbonyl (C=O) groups is 1. The average molecular weight is 551 g/mol. The minimum absolute atomic E-state index is 0.303. The maximum Gasteiger partial charge on any atom is 0.409 e. The molecule has 82 valence electrons. The highest BCUT2D eigenvalue weighted by Gasteiger charge is 2.20. The zero-order valence-corrected chi connectivity index (χ0v) is 15.3. The number of rotatable bonds is 1. The summed E-state index contributed by atoms with van der Waals surface area (Å²) in [5.74, 6) is 0.303. The van der Waals surface area contributed by atoms with E-state index < -0.39 is 5.43 Å². The molecule has 0 spiro atoms. The van der Waals surface area contributed by atoms with E-state index in [4.69, 9.17) is 16.3 Å². The second-order valence-electron chi connectivity index (χ2n) is 2.24. The van der Waals surface area contributed by atoms with Gasteiger partial charge in [-0.05, 0) is 79.6 Å². The van der Waals surface area contributed by atoms with Crippen LogP contribution in [0.2, 0.25) is 0 Å². The lowest BCUT2D eigenvalue weighted by molar-refractivity contribution is 0.225. The largest absolute Gasteiger partial charge is 0.412 e. The molecular formula is C7Br5ClO2. The van der Waals surface area contributed by atoms with Crippen LogP contribution in [0.3, 0.4) is 0 Å². The van der Waals surface area contributed by atoms with E-state index in [2.05, 4.69) is 79.6 Å². The van der Waals surface area contributed by atoms with E-state index >= 15 is 0 Å². The van der Waals surface area contributed by atoms with Gasteiger partial charge in [-0.3, -0.25) is 0 Å². The molecule has 0 saturated carbocycles. The molecule has 0 aliphatic carbocycles. The molecule has 1 aromatic rings. The lowest BCUT2D eigenvalue weighted by Crippen LogP contribution is -1.99. The van der Waals surface area contributed by atoms with Crippen LogP contribution in [0.25, 0.3) is 0 Å². The van der Waals surface area contributed by atoms with Crippen molar-refractivity contribution in [3.63, 3.8) is 0 Å². The Morgan fingerprint density at radius 2 is 1.20 bits per heavy atom. The van der Waals surface area contributed by atoms with Crippen molar-refractivity contribution < 1.29 is 9.53 Å². The Balaban J connectivity index is 3.45. The van der Waals surface area contributed by atoms with Crippen molar-refractivity contribution in [1.29, 1.82) is 0 Å². The second-order valence-corrected chi connectivity index (χ2v) is 6.51. The highest BCUT2D eigenvalue weighted by atomic mass is 79.9. The molecule has 0 aromatic heterocycles. The summed E-state index contributed by atoms with van der Waals surface area (Å²) < 4.78 is 8.22. The summed E-state index contributed by atoms with van der Waals surface area (Å²) in [6.45, 7) is 0. The number of hydrogen-bond acceptors (Lipinski definition) is 2. The number of hydrogen-bond donors (Lipinski definition) is 0. The molecule has 0 amide bonds. The topological polar surface area (TPSA) is 26.3 Å². The van der Waals surface area contributed by atoms with Gasteiger partial charge in [-0.15, -0.1) is 0 Å². The van der Waals surface area contributed by atoms with Crippen LogP contribution >= 0.6 is 91.3 Å². The Kier molecular flexibility index (Phi) is 5.60. The average Bonchev–Trinajstić information content (AvgIpc) is 2.18.